The molecule has 2 atom stereocenters. The maximum Gasteiger partial charge on any atom is 0.227 e. The Hall–Kier alpha value is -0.830. The first-order valence-corrected chi connectivity index (χ1v) is 5.39. The van der Waals surface area contributed by atoms with Crippen molar-refractivity contribution in [1.29, 1.82) is 0 Å². The number of amides is 1. The zero-order valence-corrected chi connectivity index (χ0v) is 10.6. The van der Waals surface area contributed by atoms with Gasteiger partial charge in [0.05, 0.1) is 5.92 Å². The minimum atomic E-state index is -0.186. The Morgan fingerprint density at radius 1 is 1.47 bits per heavy atom. The first kappa shape index (κ1) is 14.2. The summed E-state index contributed by atoms with van der Waals surface area (Å²) in [7, 11) is 0. The van der Waals surface area contributed by atoms with Crippen molar-refractivity contribution in [3.8, 4) is 0 Å². The van der Waals surface area contributed by atoms with E-state index in [0.717, 1.165) is 0 Å². The van der Waals surface area contributed by atoms with E-state index in [-0.39, 0.29) is 23.4 Å². The number of hydrogen-bond donors (Lipinski definition) is 1. The smallest absolute Gasteiger partial charge is 0.227 e. The third-order valence-electron chi connectivity index (χ3n) is 2.57. The molecule has 0 saturated heterocycles. The van der Waals surface area contributed by atoms with Crippen molar-refractivity contribution in [2.75, 3.05) is 6.54 Å². The van der Waals surface area contributed by atoms with Crippen LogP contribution >= 0.6 is 0 Å². The summed E-state index contributed by atoms with van der Waals surface area (Å²) in [5.74, 6) is -0.0541. The standard InChI is InChI=1S/C12H24N2O/c1-7-8-14(12(4,5)6)11(15)9(2)10(3)13/h7,9-10H,1,8,13H2,2-6H3. The van der Waals surface area contributed by atoms with Crippen molar-refractivity contribution in [3.63, 3.8) is 0 Å². The van der Waals surface area contributed by atoms with Gasteiger partial charge in [-0.15, -0.1) is 6.58 Å². The molecule has 0 spiro atoms. The Morgan fingerprint density at radius 3 is 2.20 bits per heavy atom. The second-order valence-electron chi connectivity index (χ2n) is 5.06. The topological polar surface area (TPSA) is 46.3 Å². The normalized spacial score (nSPS) is 15.6. The third-order valence-corrected chi connectivity index (χ3v) is 2.57. The van der Waals surface area contributed by atoms with Gasteiger partial charge in [0.1, 0.15) is 0 Å². The molecule has 0 heterocycles. The van der Waals surface area contributed by atoms with Crippen molar-refractivity contribution in [2.24, 2.45) is 11.7 Å². The first-order chi connectivity index (χ1) is 6.71. The van der Waals surface area contributed by atoms with Gasteiger partial charge in [0, 0.05) is 18.1 Å². The molecule has 15 heavy (non-hydrogen) atoms. The van der Waals surface area contributed by atoms with Crippen LogP contribution in [0.15, 0.2) is 12.7 Å². The van der Waals surface area contributed by atoms with Crippen LogP contribution in [0, 0.1) is 5.92 Å². The van der Waals surface area contributed by atoms with Crippen LogP contribution in [-0.2, 0) is 4.79 Å². The van der Waals surface area contributed by atoms with Crippen LogP contribution in [0.2, 0.25) is 0 Å². The highest BCUT2D eigenvalue weighted by molar-refractivity contribution is 5.80. The van der Waals surface area contributed by atoms with E-state index >= 15 is 0 Å². The fourth-order valence-electron chi connectivity index (χ4n) is 1.29. The van der Waals surface area contributed by atoms with Crippen LogP contribution in [0.3, 0.4) is 0 Å². The fraction of sp³-hybridized carbons (Fsp3) is 0.750. The van der Waals surface area contributed by atoms with Gasteiger partial charge >= 0.3 is 0 Å². The maximum absolute atomic E-state index is 12.1. The fourth-order valence-corrected chi connectivity index (χ4v) is 1.29. The van der Waals surface area contributed by atoms with Gasteiger partial charge in [-0.2, -0.15) is 0 Å². The van der Waals surface area contributed by atoms with E-state index in [2.05, 4.69) is 6.58 Å². The average Bonchev–Trinajstić information content (AvgIpc) is 2.09. The predicted octanol–water partition coefficient (Wildman–Crippen LogP) is 1.78. The zero-order chi connectivity index (χ0) is 12.2. The zero-order valence-electron chi connectivity index (χ0n) is 10.6. The molecule has 0 aliphatic heterocycles. The van der Waals surface area contributed by atoms with Crippen LogP contribution < -0.4 is 5.73 Å². The van der Waals surface area contributed by atoms with Crippen LogP contribution in [0.25, 0.3) is 0 Å². The molecule has 0 fully saturated rings. The number of carbonyl (C=O) groups excluding carboxylic acids is 1. The molecule has 0 radical (unpaired) electrons. The largest absolute Gasteiger partial charge is 0.334 e. The molecule has 0 aliphatic carbocycles. The van der Waals surface area contributed by atoms with Crippen LogP contribution in [-0.4, -0.2) is 28.9 Å². The molecule has 0 aliphatic rings. The van der Waals surface area contributed by atoms with E-state index in [1.807, 2.05) is 39.5 Å². The number of hydrogen-bond acceptors (Lipinski definition) is 2. The summed E-state index contributed by atoms with van der Waals surface area (Å²) in [4.78, 5) is 13.9. The Kier molecular flexibility index (Phi) is 5.01. The lowest BCUT2D eigenvalue weighted by molar-refractivity contribution is -0.139. The van der Waals surface area contributed by atoms with Gasteiger partial charge in [0.25, 0.3) is 0 Å². The highest BCUT2D eigenvalue weighted by Gasteiger charge is 2.30. The molecule has 0 rings (SSSR count). The number of carbonyl (C=O) groups is 1. The molecular weight excluding hydrogens is 188 g/mol. The molecule has 0 aromatic rings. The van der Waals surface area contributed by atoms with E-state index in [1.165, 1.54) is 0 Å². The van der Waals surface area contributed by atoms with Crippen molar-refractivity contribution < 1.29 is 4.79 Å². The molecule has 0 saturated carbocycles. The van der Waals surface area contributed by atoms with Crippen molar-refractivity contribution in [1.82, 2.24) is 4.90 Å². The molecule has 88 valence electrons. The Balaban J connectivity index is 4.78. The van der Waals surface area contributed by atoms with Crippen molar-refractivity contribution in [2.45, 2.75) is 46.2 Å². The summed E-state index contributed by atoms with van der Waals surface area (Å²) < 4.78 is 0. The second-order valence-corrected chi connectivity index (χ2v) is 5.06. The Labute approximate surface area is 93.3 Å². The molecule has 3 nitrogen and oxygen atoms in total. The Morgan fingerprint density at radius 2 is 1.93 bits per heavy atom. The lowest BCUT2D eigenvalue weighted by atomic mass is 9.98. The predicted molar refractivity (Wildman–Crippen MR) is 64.5 cm³/mol. The summed E-state index contributed by atoms with van der Waals surface area (Å²) in [6, 6.07) is -0.118. The van der Waals surface area contributed by atoms with Gasteiger partial charge in [-0.25, -0.2) is 0 Å². The van der Waals surface area contributed by atoms with E-state index in [0.29, 0.717) is 6.54 Å². The highest BCUT2D eigenvalue weighted by atomic mass is 16.2. The molecule has 0 bridgehead atoms. The molecule has 2 N–H and O–H groups in total. The molecule has 0 aromatic heterocycles. The highest BCUT2D eigenvalue weighted by Crippen LogP contribution is 2.17. The molecular formula is C12H24N2O. The number of nitrogens with zero attached hydrogens (tertiary/aromatic N) is 1. The molecule has 0 aromatic carbocycles. The second kappa shape index (κ2) is 5.31. The Bertz CT molecular complexity index is 228. The summed E-state index contributed by atoms with van der Waals surface area (Å²) in [6.07, 6.45) is 1.75. The SMILES string of the molecule is C=CCN(C(=O)C(C)C(C)N)C(C)(C)C. The van der Waals surface area contributed by atoms with E-state index in [1.54, 1.807) is 6.08 Å². The van der Waals surface area contributed by atoms with E-state index < -0.39 is 0 Å². The molecule has 2 unspecified atom stereocenters. The minimum Gasteiger partial charge on any atom is -0.334 e. The molecule has 1 amide bonds. The van der Waals surface area contributed by atoms with E-state index in [4.69, 9.17) is 5.73 Å². The maximum atomic E-state index is 12.1. The summed E-state index contributed by atoms with van der Waals surface area (Å²) >= 11 is 0. The number of rotatable bonds is 4. The summed E-state index contributed by atoms with van der Waals surface area (Å²) in [6.45, 7) is 14.0. The van der Waals surface area contributed by atoms with Gasteiger partial charge < -0.3 is 10.6 Å². The van der Waals surface area contributed by atoms with Gasteiger partial charge in [0.15, 0.2) is 0 Å². The van der Waals surface area contributed by atoms with E-state index in [9.17, 15) is 4.79 Å². The van der Waals surface area contributed by atoms with Crippen LogP contribution in [0.4, 0.5) is 0 Å². The number of nitrogens with two attached hydrogens (primary N) is 1. The lowest BCUT2D eigenvalue weighted by Gasteiger charge is -2.37. The summed E-state index contributed by atoms with van der Waals surface area (Å²) in [5.41, 5.74) is 5.55. The lowest BCUT2D eigenvalue weighted by Crippen LogP contribution is -2.50. The minimum absolute atomic E-state index is 0.0948. The third kappa shape index (κ3) is 4.04. The van der Waals surface area contributed by atoms with Gasteiger partial charge in [-0.05, 0) is 27.7 Å². The average molecular weight is 212 g/mol. The van der Waals surface area contributed by atoms with Crippen LogP contribution in [0.1, 0.15) is 34.6 Å². The summed E-state index contributed by atoms with van der Waals surface area (Å²) in [5, 5.41) is 0. The van der Waals surface area contributed by atoms with Gasteiger partial charge in [-0.1, -0.05) is 13.0 Å². The van der Waals surface area contributed by atoms with Crippen LogP contribution in [0.5, 0.6) is 0 Å². The quantitative estimate of drug-likeness (QED) is 0.722. The molecule has 3 heteroatoms. The van der Waals surface area contributed by atoms with Gasteiger partial charge in [0.2, 0.25) is 5.91 Å². The van der Waals surface area contributed by atoms with Gasteiger partial charge in [-0.3, -0.25) is 4.79 Å². The first-order valence-electron chi connectivity index (χ1n) is 5.39. The van der Waals surface area contributed by atoms with Crippen molar-refractivity contribution >= 4 is 5.91 Å². The monoisotopic (exact) mass is 212 g/mol. The van der Waals surface area contributed by atoms with Crippen molar-refractivity contribution in [3.05, 3.63) is 12.7 Å².